The number of benzene rings is 2. The first-order chi connectivity index (χ1) is 11.0. The van der Waals surface area contributed by atoms with Crippen LogP contribution in [0, 0.1) is 0 Å². The van der Waals surface area contributed by atoms with Crippen molar-refractivity contribution in [2.75, 3.05) is 11.3 Å². The number of aliphatic hydroxyl groups excluding tert-OH is 2. The van der Waals surface area contributed by atoms with E-state index in [1.165, 1.54) is 24.3 Å². The summed E-state index contributed by atoms with van der Waals surface area (Å²) in [5.41, 5.74) is 1.32. The highest BCUT2D eigenvalue weighted by molar-refractivity contribution is 7.92. The molecule has 0 heterocycles. The number of nitrogens with one attached hydrogen (secondary N) is 1. The number of anilines is 1. The van der Waals surface area contributed by atoms with Crippen LogP contribution >= 0.6 is 0 Å². The first kappa shape index (κ1) is 17.3. The average molecular weight is 337 g/mol. The molecule has 2 aromatic carbocycles. The van der Waals surface area contributed by atoms with Crippen molar-refractivity contribution in [2.24, 2.45) is 0 Å². The lowest BCUT2D eigenvalue weighted by Gasteiger charge is -2.11. The van der Waals surface area contributed by atoms with Crippen molar-refractivity contribution in [2.45, 2.75) is 25.0 Å². The molecule has 0 aliphatic heterocycles. The summed E-state index contributed by atoms with van der Waals surface area (Å²) in [6, 6.07) is 10.7. The lowest BCUT2D eigenvalue weighted by Crippen LogP contribution is -2.13. The molecule has 0 fully saturated rings. The number of ether oxygens (including phenoxy) is 1. The van der Waals surface area contributed by atoms with Crippen molar-refractivity contribution in [3.05, 3.63) is 53.6 Å². The normalized spacial score (nSPS) is 11.3. The maximum absolute atomic E-state index is 12.4. The maximum atomic E-state index is 12.4. The van der Waals surface area contributed by atoms with E-state index in [9.17, 15) is 18.6 Å². The summed E-state index contributed by atoms with van der Waals surface area (Å²) in [6.45, 7) is 1.86. The van der Waals surface area contributed by atoms with Gasteiger partial charge in [0.05, 0.1) is 24.7 Å². The number of sulfonamides is 1. The van der Waals surface area contributed by atoms with Gasteiger partial charge in [0.1, 0.15) is 5.75 Å². The van der Waals surface area contributed by atoms with E-state index in [1.54, 1.807) is 18.2 Å². The van der Waals surface area contributed by atoms with Gasteiger partial charge in [-0.15, -0.1) is 0 Å². The smallest absolute Gasteiger partial charge is 0.261 e. The summed E-state index contributed by atoms with van der Waals surface area (Å²) in [5, 5.41) is 18.4. The van der Waals surface area contributed by atoms with E-state index in [2.05, 4.69) is 4.72 Å². The summed E-state index contributed by atoms with van der Waals surface area (Å²) < 4.78 is 32.5. The van der Waals surface area contributed by atoms with Gasteiger partial charge in [-0.05, 0) is 54.4 Å². The van der Waals surface area contributed by atoms with Crippen molar-refractivity contribution in [3.8, 4) is 5.75 Å². The van der Waals surface area contributed by atoms with Crippen molar-refractivity contribution in [1.29, 1.82) is 0 Å². The molecule has 23 heavy (non-hydrogen) atoms. The van der Waals surface area contributed by atoms with E-state index >= 15 is 0 Å². The topological polar surface area (TPSA) is 95.9 Å². The largest absolute Gasteiger partial charge is 0.494 e. The highest BCUT2D eigenvalue weighted by atomic mass is 32.2. The first-order valence-electron chi connectivity index (χ1n) is 7.08. The van der Waals surface area contributed by atoms with Crippen LogP contribution in [-0.4, -0.2) is 25.2 Å². The summed E-state index contributed by atoms with van der Waals surface area (Å²) in [4.78, 5) is 0.0981. The van der Waals surface area contributed by atoms with Crippen LogP contribution in [0.4, 0.5) is 5.69 Å². The van der Waals surface area contributed by atoms with E-state index in [0.717, 1.165) is 0 Å². The maximum Gasteiger partial charge on any atom is 0.261 e. The van der Waals surface area contributed by atoms with E-state index in [-0.39, 0.29) is 23.8 Å². The van der Waals surface area contributed by atoms with Gasteiger partial charge in [-0.1, -0.05) is 6.07 Å². The zero-order valence-electron chi connectivity index (χ0n) is 12.7. The monoisotopic (exact) mass is 337 g/mol. The first-order valence-corrected chi connectivity index (χ1v) is 8.57. The van der Waals surface area contributed by atoms with Crippen molar-refractivity contribution < 1.29 is 23.4 Å². The Hall–Kier alpha value is -2.09. The van der Waals surface area contributed by atoms with Gasteiger partial charge in [0, 0.05) is 5.69 Å². The molecule has 0 saturated carbocycles. The lowest BCUT2D eigenvalue weighted by molar-refractivity contribution is 0.275. The molecule has 0 spiro atoms. The fraction of sp³-hybridized carbons (Fsp3) is 0.250. The molecule has 7 heteroatoms. The number of aliphatic hydroxyl groups is 2. The third kappa shape index (κ3) is 4.44. The molecular weight excluding hydrogens is 318 g/mol. The Morgan fingerprint density at radius 1 is 1.00 bits per heavy atom. The molecular formula is C16H19NO5S. The minimum atomic E-state index is -3.76. The van der Waals surface area contributed by atoms with Crippen LogP contribution in [0.5, 0.6) is 5.75 Å². The predicted octanol–water partition coefficient (Wildman–Crippen LogP) is 1.87. The molecule has 2 aromatic rings. The van der Waals surface area contributed by atoms with Crippen LogP contribution in [0.1, 0.15) is 18.1 Å². The lowest BCUT2D eigenvalue weighted by atomic mass is 10.1. The zero-order chi connectivity index (χ0) is 16.9. The Morgan fingerprint density at radius 3 is 2.04 bits per heavy atom. The molecule has 0 aliphatic rings. The fourth-order valence-electron chi connectivity index (χ4n) is 2.10. The van der Waals surface area contributed by atoms with Crippen LogP contribution in [-0.2, 0) is 23.2 Å². The van der Waals surface area contributed by atoms with Crippen LogP contribution < -0.4 is 9.46 Å². The van der Waals surface area contributed by atoms with Gasteiger partial charge in [-0.3, -0.25) is 4.72 Å². The molecule has 0 radical (unpaired) electrons. The van der Waals surface area contributed by atoms with Gasteiger partial charge < -0.3 is 14.9 Å². The average Bonchev–Trinajstić information content (AvgIpc) is 2.54. The molecule has 0 aliphatic carbocycles. The van der Waals surface area contributed by atoms with Crippen LogP contribution in [0.15, 0.2) is 47.4 Å². The van der Waals surface area contributed by atoms with Gasteiger partial charge in [0.25, 0.3) is 10.0 Å². The van der Waals surface area contributed by atoms with Crippen molar-refractivity contribution in [1.82, 2.24) is 0 Å². The van der Waals surface area contributed by atoms with Crippen LogP contribution in [0.3, 0.4) is 0 Å². The molecule has 2 rings (SSSR count). The molecule has 0 saturated heterocycles. The zero-order valence-corrected chi connectivity index (χ0v) is 13.5. The minimum Gasteiger partial charge on any atom is -0.494 e. The second kappa shape index (κ2) is 7.45. The summed E-state index contributed by atoms with van der Waals surface area (Å²) in [5.74, 6) is 0.594. The molecule has 0 amide bonds. The van der Waals surface area contributed by atoms with Gasteiger partial charge in [-0.2, -0.15) is 0 Å². The van der Waals surface area contributed by atoms with E-state index < -0.39 is 10.0 Å². The van der Waals surface area contributed by atoms with Gasteiger partial charge in [-0.25, -0.2) is 8.42 Å². The molecule has 0 bridgehead atoms. The fourth-order valence-corrected chi connectivity index (χ4v) is 3.14. The molecule has 3 N–H and O–H groups in total. The number of hydrogen-bond donors (Lipinski definition) is 3. The van der Waals surface area contributed by atoms with Gasteiger partial charge in [0.15, 0.2) is 0 Å². The molecule has 0 aromatic heterocycles. The minimum absolute atomic E-state index is 0.0981. The van der Waals surface area contributed by atoms with Crippen molar-refractivity contribution >= 4 is 15.7 Å². The van der Waals surface area contributed by atoms with Gasteiger partial charge in [0.2, 0.25) is 0 Å². The summed E-state index contributed by atoms with van der Waals surface area (Å²) >= 11 is 0. The highest BCUT2D eigenvalue weighted by Crippen LogP contribution is 2.21. The van der Waals surface area contributed by atoms with E-state index in [4.69, 9.17) is 4.74 Å². The second-order valence-corrected chi connectivity index (χ2v) is 6.55. The Balaban J connectivity index is 2.27. The third-order valence-electron chi connectivity index (χ3n) is 3.11. The highest BCUT2D eigenvalue weighted by Gasteiger charge is 2.15. The van der Waals surface area contributed by atoms with Crippen LogP contribution in [0.25, 0.3) is 0 Å². The Morgan fingerprint density at radius 2 is 1.57 bits per heavy atom. The number of hydrogen-bond acceptors (Lipinski definition) is 5. The molecule has 6 nitrogen and oxygen atoms in total. The van der Waals surface area contributed by atoms with Crippen molar-refractivity contribution in [3.63, 3.8) is 0 Å². The SMILES string of the molecule is CCOc1ccc(S(=O)(=O)Nc2cc(CO)cc(CO)c2)cc1. The van der Waals surface area contributed by atoms with E-state index in [0.29, 0.717) is 23.5 Å². The third-order valence-corrected chi connectivity index (χ3v) is 4.51. The Bertz CT molecular complexity index is 734. The molecule has 0 atom stereocenters. The Labute approximate surface area is 135 Å². The second-order valence-electron chi connectivity index (χ2n) is 4.86. The molecule has 0 unspecified atom stereocenters. The predicted molar refractivity (Wildman–Crippen MR) is 86.7 cm³/mol. The standard InChI is InChI=1S/C16H19NO5S/c1-2-22-15-3-5-16(6-4-15)23(20,21)17-14-8-12(10-18)7-13(9-14)11-19/h3-9,17-19H,2,10-11H2,1H3. The van der Waals surface area contributed by atoms with Gasteiger partial charge >= 0.3 is 0 Å². The van der Waals surface area contributed by atoms with E-state index in [1.807, 2.05) is 6.92 Å². The summed E-state index contributed by atoms with van der Waals surface area (Å²) in [7, 11) is -3.76. The Kier molecular flexibility index (Phi) is 5.59. The summed E-state index contributed by atoms with van der Waals surface area (Å²) in [6.07, 6.45) is 0. The number of rotatable bonds is 7. The van der Waals surface area contributed by atoms with Crippen LogP contribution in [0.2, 0.25) is 0 Å². The molecule has 124 valence electrons. The quantitative estimate of drug-likeness (QED) is 0.717.